The van der Waals surface area contributed by atoms with Gasteiger partial charge in [0.25, 0.3) is 0 Å². The highest BCUT2D eigenvalue weighted by Gasteiger charge is 2.38. The Bertz CT molecular complexity index is 1040. The van der Waals surface area contributed by atoms with Crippen molar-refractivity contribution in [3.63, 3.8) is 0 Å². The van der Waals surface area contributed by atoms with E-state index in [2.05, 4.69) is 10.2 Å². The Morgan fingerprint density at radius 1 is 0.974 bits per heavy atom. The summed E-state index contributed by atoms with van der Waals surface area (Å²) in [6.45, 7) is 3.26. The van der Waals surface area contributed by atoms with Crippen molar-refractivity contribution in [2.24, 2.45) is 5.92 Å². The normalized spacial score (nSPS) is 14.2. The Balaban J connectivity index is 0.000000638. The number of amides is 1. The molecule has 1 heterocycles. The van der Waals surface area contributed by atoms with Gasteiger partial charge < -0.3 is 19.9 Å². The third kappa shape index (κ3) is 11.3. The summed E-state index contributed by atoms with van der Waals surface area (Å²) in [7, 11) is 1.65. The number of Topliss-reactive ketones (excluding diaryl/α,β-unsaturated/α-hetero) is 1. The van der Waals surface area contributed by atoms with Gasteiger partial charge in [-0.15, -0.1) is 0 Å². The fourth-order valence-electron chi connectivity index (χ4n) is 3.60. The Morgan fingerprint density at radius 2 is 1.50 bits per heavy atom. The number of carbonyl (C=O) groups excluding carboxylic acids is 2. The summed E-state index contributed by atoms with van der Waals surface area (Å²) in [5.74, 6) is -2.75. The fraction of sp³-hybridized carbons (Fsp3) is 0.423. The smallest absolute Gasteiger partial charge is 0.475 e. The molecule has 1 aliphatic heterocycles. The molecule has 1 aliphatic rings. The van der Waals surface area contributed by atoms with Crippen LogP contribution < -0.4 is 5.32 Å². The molecule has 8 nitrogen and oxygen atoms in total. The SMILES string of the molecule is COCc1ccc(COC(=O)NCC2CCN(CC(=O)c3ccc(F)cc3)CC2)cc1.O=C(O)C(F)(F)F. The number of ketones is 1. The third-order valence-corrected chi connectivity index (χ3v) is 5.72. The highest BCUT2D eigenvalue weighted by molar-refractivity contribution is 5.97. The number of hydrogen-bond acceptors (Lipinski definition) is 6. The summed E-state index contributed by atoms with van der Waals surface area (Å²) in [5, 5.41) is 9.96. The number of nitrogens with one attached hydrogen (secondary N) is 1. The lowest BCUT2D eigenvalue weighted by Crippen LogP contribution is -2.40. The molecule has 0 unspecified atom stereocenters. The van der Waals surface area contributed by atoms with E-state index in [0.29, 0.717) is 31.2 Å². The minimum atomic E-state index is -5.08. The number of carboxylic acids is 1. The van der Waals surface area contributed by atoms with E-state index in [0.717, 1.165) is 37.1 Å². The van der Waals surface area contributed by atoms with Gasteiger partial charge >= 0.3 is 18.2 Å². The lowest BCUT2D eigenvalue weighted by molar-refractivity contribution is -0.192. The van der Waals surface area contributed by atoms with Crippen LogP contribution in [0.5, 0.6) is 0 Å². The van der Waals surface area contributed by atoms with Crippen LogP contribution in [0.1, 0.15) is 34.3 Å². The van der Waals surface area contributed by atoms with Gasteiger partial charge in [-0.25, -0.2) is 14.0 Å². The van der Waals surface area contributed by atoms with E-state index in [1.165, 1.54) is 24.3 Å². The number of piperidine rings is 1. The predicted molar refractivity (Wildman–Crippen MR) is 129 cm³/mol. The maximum absolute atomic E-state index is 13.0. The van der Waals surface area contributed by atoms with Crippen LogP contribution in [0.3, 0.4) is 0 Å². The van der Waals surface area contributed by atoms with Gasteiger partial charge in [0.05, 0.1) is 13.2 Å². The summed E-state index contributed by atoms with van der Waals surface area (Å²) >= 11 is 0. The molecule has 0 spiro atoms. The van der Waals surface area contributed by atoms with Crippen LogP contribution in [0.25, 0.3) is 0 Å². The van der Waals surface area contributed by atoms with Gasteiger partial charge in [0, 0.05) is 19.2 Å². The van der Waals surface area contributed by atoms with Crippen LogP contribution in [-0.4, -0.2) is 67.3 Å². The molecule has 3 rings (SSSR count). The van der Waals surface area contributed by atoms with Crippen LogP contribution >= 0.6 is 0 Å². The number of carbonyl (C=O) groups is 3. The second-order valence-corrected chi connectivity index (χ2v) is 8.66. The lowest BCUT2D eigenvalue weighted by atomic mass is 9.96. The number of alkyl carbamates (subject to hydrolysis) is 1. The molecule has 0 aliphatic carbocycles. The molecular formula is C26H30F4N2O6. The Morgan fingerprint density at radius 3 is 2.00 bits per heavy atom. The molecule has 38 heavy (non-hydrogen) atoms. The molecule has 2 aromatic carbocycles. The number of benzene rings is 2. The largest absolute Gasteiger partial charge is 0.490 e. The Kier molecular flexibility index (Phi) is 12.2. The van der Waals surface area contributed by atoms with Gasteiger partial charge in [-0.2, -0.15) is 13.2 Å². The van der Waals surface area contributed by atoms with Crippen LogP contribution in [0.2, 0.25) is 0 Å². The van der Waals surface area contributed by atoms with E-state index in [9.17, 15) is 27.2 Å². The predicted octanol–water partition coefficient (Wildman–Crippen LogP) is 4.43. The number of rotatable bonds is 9. The van der Waals surface area contributed by atoms with Crippen LogP contribution in [0.15, 0.2) is 48.5 Å². The van der Waals surface area contributed by atoms with Crippen molar-refractivity contribution in [1.82, 2.24) is 10.2 Å². The van der Waals surface area contributed by atoms with Crippen molar-refractivity contribution in [3.8, 4) is 0 Å². The molecule has 0 aromatic heterocycles. The molecule has 1 amide bonds. The monoisotopic (exact) mass is 542 g/mol. The van der Waals surface area contributed by atoms with E-state index < -0.39 is 18.2 Å². The number of halogens is 4. The Hall–Kier alpha value is -3.51. The van der Waals surface area contributed by atoms with Crippen molar-refractivity contribution in [2.45, 2.75) is 32.2 Å². The average Bonchev–Trinajstić information content (AvgIpc) is 2.88. The van der Waals surface area contributed by atoms with Crippen LogP contribution in [0, 0.1) is 11.7 Å². The zero-order valence-corrected chi connectivity index (χ0v) is 20.8. The molecule has 0 bridgehead atoms. The van der Waals surface area contributed by atoms with E-state index >= 15 is 0 Å². The van der Waals surface area contributed by atoms with Gasteiger partial charge in [0.15, 0.2) is 5.78 Å². The fourth-order valence-corrected chi connectivity index (χ4v) is 3.60. The first-order valence-electron chi connectivity index (χ1n) is 11.8. The first-order valence-corrected chi connectivity index (χ1v) is 11.8. The molecule has 12 heteroatoms. The number of carboxylic acid groups (broad SMARTS) is 1. The zero-order valence-electron chi connectivity index (χ0n) is 20.8. The number of likely N-dealkylation sites (tertiary alicyclic amines) is 1. The summed E-state index contributed by atoms with van der Waals surface area (Å²) in [5.41, 5.74) is 2.52. The average molecular weight is 543 g/mol. The van der Waals surface area contributed by atoms with E-state index in [1.807, 2.05) is 24.3 Å². The second kappa shape index (κ2) is 15.0. The van der Waals surface area contributed by atoms with Crippen molar-refractivity contribution >= 4 is 17.8 Å². The molecule has 1 fully saturated rings. The number of aliphatic carboxylic acids is 1. The minimum absolute atomic E-state index is 0.00425. The van der Waals surface area contributed by atoms with Crippen molar-refractivity contribution in [3.05, 3.63) is 71.0 Å². The molecule has 0 saturated carbocycles. The van der Waals surface area contributed by atoms with Gasteiger partial charge in [-0.05, 0) is 67.2 Å². The molecule has 2 aromatic rings. The standard InChI is InChI=1S/C24H29FN2O4.C2HF3O2/c1-30-16-19-2-4-20(5-3-19)17-31-24(29)26-14-18-10-12-27(13-11-18)15-23(28)21-6-8-22(25)9-7-21;3-2(4,5)1(6)7/h2-9,18H,10-17H2,1H3,(H,26,29);(H,6,7). The number of alkyl halides is 3. The second-order valence-electron chi connectivity index (χ2n) is 8.66. The first kappa shape index (κ1) is 30.7. The number of hydrogen-bond donors (Lipinski definition) is 2. The minimum Gasteiger partial charge on any atom is -0.475 e. The molecule has 1 saturated heterocycles. The molecule has 0 atom stereocenters. The van der Waals surface area contributed by atoms with E-state index in [4.69, 9.17) is 19.4 Å². The first-order chi connectivity index (χ1) is 18.0. The highest BCUT2D eigenvalue weighted by Crippen LogP contribution is 2.17. The van der Waals surface area contributed by atoms with Crippen LogP contribution in [0.4, 0.5) is 22.4 Å². The van der Waals surface area contributed by atoms with Gasteiger partial charge in [-0.1, -0.05) is 24.3 Å². The molecular weight excluding hydrogens is 512 g/mol. The molecule has 208 valence electrons. The number of methoxy groups -OCH3 is 1. The van der Waals surface area contributed by atoms with Gasteiger partial charge in [-0.3, -0.25) is 9.69 Å². The van der Waals surface area contributed by atoms with Crippen LogP contribution in [-0.2, 0) is 27.5 Å². The Labute approximate surface area is 217 Å². The number of nitrogens with zero attached hydrogens (tertiary/aromatic N) is 1. The maximum Gasteiger partial charge on any atom is 0.490 e. The summed E-state index contributed by atoms with van der Waals surface area (Å²) in [4.78, 5) is 35.3. The topological polar surface area (TPSA) is 105 Å². The molecule has 2 N–H and O–H groups in total. The van der Waals surface area contributed by atoms with Crippen molar-refractivity contribution in [1.29, 1.82) is 0 Å². The summed E-state index contributed by atoms with van der Waals surface area (Å²) in [6.07, 6.45) is -3.70. The summed E-state index contributed by atoms with van der Waals surface area (Å²) in [6, 6.07) is 13.4. The highest BCUT2D eigenvalue weighted by atomic mass is 19.4. The van der Waals surface area contributed by atoms with E-state index in [1.54, 1.807) is 7.11 Å². The summed E-state index contributed by atoms with van der Waals surface area (Å²) < 4.78 is 55.1. The molecule has 0 radical (unpaired) electrons. The third-order valence-electron chi connectivity index (χ3n) is 5.72. The van der Waals surface area contributed by atoms with Gasteiger partial charge in [0.2, 0.25) is 0 Å². The zero-order chi connectivity index (χ0) is 28.1. The van der Waals surface area contributed by atoms with Crippen molar-refractivity contribution < 1.29 is 46.5 Å². The maximum atomic E-state index is 13.0. The van der Waals surface area contributed by atoms with Gasteiger partial charge in [0.1, 0.15) is 12.4 Å². The quantitative estimate of drug-likeness (QED) is 0.357. The van der Waals surface area contributed by atoms with E-state index in [-0.39, 0.29) is 18.2 Å². The van der Waals surface area contributed by atoms with Crippen molar-refractivity contribution in [2.75, 3.05) is 33.3 Å². The lowest BCUT2D eigenvalue weighted by Gasteiger charge is -2.31. The number of ether oxygens (including phenoxy) is 2.